The van der Waals surface area contributed by atoms with E-state index in [0.29, 0.717) is 45.8 Å². The molecular weight excluding hydrogens is 512 g/mol. The van der Waals surface area contributed by atoms with E-state index in [4.69, 9.17) is 14.2 Å². The van der Waals surface area contributed by atoms with Crippen molar-refractivity contribution in [3.63, 3.8) is 0 Å². The van der Waals surface area contributed by atoms with Gasteiger partial charge in [-0.3, -0.25) is 4.90 Å². The van der Waals surface area contributed by atoms with Gasteiger partial charge in [0.25, 0.3) is 0 Å². The summed E-state index contributed by atoms with van der Waals surface area (Å²) in [5.74, 6) is 0. The number of ether oxygens (including phenoxy) is 3. The summed E-state index contributed by atoms with van der Waals surface area (Å²) in [7, 11) is 0. The first-order valence-electron chi connectivity index (χ1n) is 14.5. The molecule has 0 bridgehead atoms. The van der Waals surface area contributed by atoms with Gasteiger partial charge in [-0.15, -0.1) is 0 Å². The molecule has 0 aromatic heterocycles. The van der Waals surface area contributed by atoms with Gasteiger partial charge in [-0.25, -0.2) is 14.4 Å². The second-order valence-electron chi connectivity index (χ2n) is 12.2. The molecule has 0 spiro atoms. The van der Waals surface area contributed by atoms with Crippen LogP contribution < -0.4 is 5.32 Å². The molecular formula is C30H50N4O6. The largest absolute Gasteiger partial charge is 0.445 e. The number of carbonyl (C=O) groups excluding carboxylic acids is 3. The van der Waals surface area contributed by atoms with Crippen LogP contribution in [0.1, 0.15) is 72.8 Å². The molecule has 0 unspecified atom stereocenters. The molecule has 0 aliphatic carbocycles. The number of amides is 3. The SMILES string of the molecule is CC(C)(C)OC(=O)N1CCN(CCCCCCNC(=O)OCc2ccccc2)CCN(C(=O)OC(C)(C)C)CC1. The molecule has 1 aromatic carbocycles. The van der Waals surface area contributed by atoms with Gasteiger partial charge in [0.05, 0.1) is 0 Å². The Hall–Kier alpha value is -3.01. The predicted molar refractivity (Wildman–Crippen MR) is 155 cm³/mol. The molecule has 1 saturated heterocycles. The number of nitrogens with one attached hydrogen (secondary N) is 1. The van der Waals surface area contributed by atoms with Crippen LogP contribution in [0.4, 0.5) is 14.4 Å². The van der Waals surface area contributed by atoms with E-state index < -0.39 is 17.3 Å². The summed E-state index contributed by atoms with van der Waals surface area (Å²) in [6.07, 6.45) is 2.73. The van der Waals surface area contributed by atoms with Crippen LogP contribution in [0.5, 0.6) is 0 Å². The van der Waals surface area contributed by atoms with Crippen molar-refractivity contribution >= 4 is 18.3 Å². The fourth-order valence-corrected chi connectivity index (χ4v) is 4.12. The second-order valence-corrected chi connectivity index (χ2v) is 12.2. The van der Waals surface area contributed by atoms with E-state index in [0.717, 1.165) is 37.8 Å². The van der Waals surface area contributed by atoms with Gasteiger partial charge in [0, 0.05) is 45.8 Å². The highest BCUT2D eigenvalue weighted by Crippen LogP contribution is 2.14. The molecule has 10 nitrogen and oxygen atoms in total. The van der Waals surface area contributed by atoms with Crippen LogP contribution in [0.3, 0.4) is 0 Å². The van der Waals surface area contributed by atoms with E-state index in [1.54, 1.807) is 9.80 Å². The van der Waals surface area contributed by atoms with Crippen LogP contribution in [0.25, 0.3) is 0 Å². The van der Waals surface area contributed by atoms with Crippen molar-refractivity contribution in [1.82, 2.24) is 20.0 Å². The number of rotatable bonds is 9. The Morgan fingerprint density at radius 2 is 1.23 bits per heavy atom. The zero-order chi connectivity index (χ0) is 29.6. The van der Waals surface area contributed by atoms with Gasteiger partial charge in [-0.05, 0) is 66.5 Å². The Morgan fingerprint density at radius 1 is 0.725 bits per heavy atom. The number of benzene rings is 1. The monoisotopic (exact) mass is 562 g/mol. The first kappa shape index (κ1) is 33.2. The molecule has 1 N–H and O–H groups in total. The standard InChI is InChI=1S/C30H50N4O6/c1-29(2,3)39-27(36)33-20-18-32(19-21-34(23-22-33)28(37)40-30(4,5)6)17-13-8-7-12-16-31-26(35)38-24-25-14-10-9-11-15-25/h9-11,14-15H,7-8,12-13,16-24H2,1-6H3,(H,31,35). The van der Waals surface area contributed by atoms with Crippen LogP contribution in [-0.2, 0) is 20.8 Å². The average molecular weight is 563 g/mol. The lowest BCUT2D eigenvalue weighted by Crippen LogP contribution is -2.44. The van der Waals surface area contributed by atoms with Gasteiger partial charge in [0.1, 0.15) is 17.8 Å². The van der Waals surface area contributed by atoms with Gasteiger partial charge >= 0.3 is 18.3 Å². The second kappa shape index (κ2) is 16.3. The molecule has 0 saturated carbocycles. The van der Waals surface area contributed by atoms with Gasteiger partial charge in [0.15, 0.2) is 0 Å². The minimum absolute atomic E-state index is 0.263. The van der Waals surface area contributed by atoms with Crippen molar-refractivity contribution in [2.45, 2.75) is 85.0 Å². The number of alkyl carbamates (subject to hydrolysis) is 1. The summed E-state index contributed by atoms with van der Waals surface area (Å²) in [5.41, 5.74) is -0.220. The van der Waals surface area contributed by atoms with Crippen molar-refractivity contribution in [2.24, 2.45) is 0 Å². The molecule has 1 fully saturated rings. The normalized spacial score (nSPS) is 15.4. The Bertz CT molecular complexity index is 873. The van der Waals surface area contributed by atoms with Crippen LogP contribution in [0.15, 0.2) is 30.3 Å². The zero-order valence-electron chi connectivity index (χ0n) is 25.4. The van der Waals surface area contributed by atoms with E-state index in [1.807, 2.05) is 71.9 Å². The van der Waals surface area contributed by atoms with E-state index in [2.05, 4.69) is 10.2 Å². The molecule has 10 heteroatoms. The molecule has 0 atom stereocenters. The van der Waals surface area contributed by atoms with E-state index in [-0.39, 0.29) is 18.8 Å². The maximum atomic E-state index is 12.8. The minimum atomic E-state index is -0.590. The zero-order valence-corrected chi connectivity index (χ0v) is 25.4. The van der Waals surface area contributed by atoms with E-state index in [9.17, 15) is 14.4 Å². The van der Waals surface area contributed by atoms with Gasteiger partial charge in [0.2, 0.25) is 0 Å². The van der Waals surface area contributed by atoms with Crippen molar-refractivity contribution in [3.8, 4) is 0 Å². The van der Waals surface area contributed by atoms with Gasteiger partial charge < -0.3 is 29.3 Å². The summed E-state index contributed by atoms with van der Waals surface area (Å²) in [5, 5.41) is 2.81. The average Bonchev–Trinajstić information content (AvgIpc) is 2.96. The van der Waals surface area contributed by atoms with Gasteiger partial charge in [-0.2, -0.15) is 0 Å². The fourth-order valence-electron chi connectivity index (χ4n) is 4.12. The molecule has 226 valence electrons. The first-order chi connectivity index (χ1) is 18.8. The lowest BCUT2D eigenvalue weighted by Gasteiger charge is -2.30. The van der Waals surface area contributed by atoms with E-state index >= 15 is 0 Å². The van der Waals surface area contributed by atoms with Crippen LogP contribution in [0.2, 0.25) is 0 Å². The molecule has 1 aromatic rings. The quantitative estimate of drug-likeness (QED) is 0.324. The number of unbranched alkanes of at least 4 members (excludes halogenated alkanes) is 3. The molecule has 2 rings (SSSR count). The summed E-state index contributed by atoms with van der Waals surface area (Å²) in [6, 6.07) is 9.60. The number of carbonyl (C=O) groups is 3. The highest BCUT2D eigenvalue weighted by atomic mass is 16.6. The Morgan fingerprint density at radius 3 is 1.75 bits per heavy atom. The summed E-state index contributed by atoms with van der Waals surface area (Å²) >= 11 is 0. The fraction of sp³-hybridized carbons (Fsp3) is 0.700. The third-order valence-corrected chi connectivity index (χ3v) is 6.20. The van der Waals surface area contributed by atoms with Gasteiger partial charge in [-0.1, -0.05) is 43.2 Å². The maximum Gasteiger partial charge on any atom is 0.410 e. The number of hydrogen-bond donors (Lipinski definition) is 1. The molecule has 40 heavy (non-hydrogen) atoms. The Kier molecular flexibility index (Phi) is 13.5. The molecule has 0 radical (unpaired) electrons. The summed E-state index contributed by atoms with van der Waals surface area (Å²) in [4.78, 5) is 43.2. The topological polar surface area (TPSA) is 101 Å². The minimum Gasteiger partial charge on any atom is -0.445 e. The summed E-state index contributed by atoms with van der Waals surface area (Å²) < 4.78 is 16.5. The van der Waals surface area contributed by atoms with Crippen molar-refractivity contribution in [3.05, 3.63) is 35.9 Å². The third-order valence-electron chi connectivity index (χ3n) is 6.20. The number of nitrogens with zero attached hydrogens (tertiary/aromatic N) is 3. The van der Waals surface area contributed by atoms with Crippen molar-refractivity contribution in [2.75, 3.05) is 52.4 Å². The van der Waals surface area contributed by atoms with Crippen molar-refractivity contribution < 1.29 is 28.6 Å². The van der Waals surface area contributed by atoms with E-state index in [1.165, 1.54) is 0 Å². The predicted octanol–water partition coefficient (Wildman–Crippen LogP) is 5.26. The first-order valence-corrected chi connectivity index (χ1v) is 14.5. The smallest absolute Gasteiger partial charge is 0.410 e. The highest BCUT2D eigenvalue weighted by Gasteiger charge is 2.28. The van der Waals surface area contributed by atoms with Crippen LogP contribution in [0, 0.1) is 0 Å². The Labute approximate surface area is 240 Å². The maximum absolute atomic E-state index is 12.8. The van der Waals surface area contributed by atoms with Crippen LogP contribution >= 0.6 is 0 Å². The Balaban J connectivity index is 1.77. The molecule has 1 aliphatic heterocycles. The third kappa shape index (κ3) is 14.4. The summed E-state index contributed by atoms with van der Waals surface area (Å²) in [6.45, 7) is 16.1. The molecule has 1 aliphatic rings. The van der Waals surface area contributed by atoms with Crippen molar-refractivity contribution in [1.29, 1.82) is 0 Å². The van der Waals surface area contributed by atoms with Crippen LogP contribution in [-0.4, -0.2) is 96.5 Å². The molecule has 3 amide bonds. The molecule has 1 heterocycles. The lowest BCUT2D eigenvalue weighted by atomic mass is 10.2. The number of hydrogen-bond acceptors (Lipinski definition) is 7. The highest BCUT2D eigenvalue weighted by molar-refractivity contribution is 5.69. The lowest BCUT2D eigenvalue weighted by molar-refractivity contribution is 0.0154.